The molecule has 0 aliphatic carbocycles. The van der Waals surface area contributed by atoms with Gasteiger partial charge < -0.3 is 9.90 Å². The van der Waals surface area contributed by atoms with Gasteiger partial charge in [0, 0.05) is 17.7 Å². The summed E-state index contributed by atoms with van der Waals surface area (Å²) in [5.41, 5.74) is 4.96. The maximum Gasteiger partial charge on any atom is 0.229 e. The number of carboxylic acid groups (broad SMARTS) is 1. The summed E-state index contributed by atoms with van der Waals surface area (Å²) in [5, 5.41) is 11.5. The molecule has 3 aromatic rings. The number of aromatic nitrogens is 1. The molecule has 0 radical (unpaired) electrons. The molecule has 1 aromatic heterocycles. The second-order valence-electron chi connectivity index (χ2n) is 5.59. The Labute approximate surface area is 135 Å². The van der Waals surface area contributed by atoms with Gasteiger partial charge in [-0.15, -0.1) is 0 Å². The molecule has 23 heavy (non-hydrogen) atoms. The Kier molecular flexibility index (Phi) is 3.94. The van der Waals surface area contributed by atoms with Crippen molar-refractivity contribution >= 4 is 5.97 Å². The van der Waals surface area contributed by atoms with E-state index in [0.717, 1.165) is 22.4 Å². The molecule has 0 bridgehead atoms. The molecule has 3 heteroatoms. The van der Waals surface area contributed by atoms with Crippen molar-refractivity contribution < 1.29 is 14.5 Å². The molecular weight excluding hydrogens is 286 g/mol. The van der Waals surface area contributed by atoms with Gasteiger partial charge in [-0.05, 0) is 30.2 Å². The van der Waals surface area contributed by atoms with Crippen LogP contribution in [0.25, 0.3) is 22.4 Å². The maximum absolute atomic E-state index is 11.5. The summed E-state index contributed by atoms with van der Waals surface area (Å²) < 4.78 is 1.66. The van der Waals surface area contributed by atoms with E-state index in [1.165, 1.54) is 5.56 Å². The van der Waals surface area contributed by atoms with Crippen molar-refractivity contribution in [2.45, 2.75) is 6.92 Å². The summed E-state index contributed by atoms with van der Waals surface area (Å²) in [6.07, 6.45) is 0. The van der Waals surface area contributed by atoms with Gasteiger partial charge in [-0.25, -0.2) is 0 Å². The number of hydrogen-bond donors (Lipinski definition) is 0. The van der Waals surface area contributed by atoms with Gasteiger partial charge in [0.1, 0.15) is 13.0 Å². The molecule has 0 unspecified atom stereocenters. The molecule has 2 aromatic carbocycles. The topological polar surface area (TPSA) is 44.0 Å². The van der Waals surface area contributed by atoms with Crippen LogP contribution in [0.3, 0.4) is 0 Å². The van der Waals surface area contributed by atoms with Crippen LogP contribution in [0, 0.1) is 6.92 Å². The molecule has 0 atom stereocenters. The van der Waals surface area contributed by atoms with E-state index in [9.17, 15) is 9.90 Å². The van der Waals surface area contributed by atoms with Gasteiger partial charge in [0.25, 0.3) is 0 Å². The van der Waals surface area contributed by atoms with Crippen molar-refractivity contribution in [2.24, 2.45) is 7.05 Å². The summed E-state index contributed by atoms with van der Waals surface area (Å²) in [6, 6.07) is 21.4. The van der Waals surface area contributed by atoms with Crippen LogP contribution in [0.1, 0.15) is 16.1 Å². The number of hydrogen-bond acceptors (Lipinski definition) is 2. The predicted octanol–water partition coefficient (Wildman–Crippen LogP) is 2.52. The number of rotatable bonds is 3. The van der Waals surface area contributed by atoms with Crippen molar-refractivity contribution in [1.29, 1.82) is 0 Å². The second-order valence-corrected chi connectivity index (χ2v) is 5.59. The maximum atomic E-state index is 11.5. The average molecular weight is 303 g/mol. The summed E-state index contributed by atoms with van der Waals surface area (Å²) in [5.74, 6) is -1.18. The number of aryl methyl sites for hydroxylation is 1. The molecule has 0 amide bonds. The van der Waals surface area contributed by atoms with Gasteiger partial charge in [0.05, 0.1) is 0 Å². The van der Waals surface area contributed by atoms with Crippen LogP contribution < -0.4 is 9.67 Å². The van der Waals surface area contributed by atoms with Crippen LogP contribution in [-0.4, -0.2) is 5.97 Å². The van der Waals surface area contributed by atoms with E-state index in [0.29, 0.717) is 0 Å². The highest BCUT2D eigenvalue weighted by Crippen LogP contribution is 2.25. The van der Waals surface area contributed by atoms with Crippen LogP contribution in [-0.2, 0) is 7.05 Å². The minimum Gasteiger partial charge on any atom is -0.539 e. The number of benzene rings is 2. The Balaban J connectivity index is 2.24. The van der Waals surface area contributed by atoms with Gasteiger partial charge >= 0.3 is 0 Å². The lowest BCUT2D eigenvalue weighted by Crippen LogP contribution is -2.43. The SMILES string of the molecule is Cc1ccc(-c2cc(C(=O)[O-])[n+](C)c(-c3ccccc3)c2)cc1. The summed E-state index contributed by atoms with van der Waals surface area (Å²) in [6.45, 7) is 2.02. The molecule has 0 spiro atoms. The van der Waals surface area contributed by atoms with Crippen molar-refractivity contribution in [3.05, 3.63) is 78.0 Å². The smallest absolute Gasteiger partial charge is 0.229 e. The summed E-state index contributed by atoms with van der Waals surface area (Å²) >= 11 is 0. The average Bonchev–Trinajstić information content (AvgIpc) is 2.56. The highest BCUT2D eigenvalue weighted by Gasteiger charge is 2.18. The number of aromatic carboxylic acids is 1. The second kappa shape index (κ2) is 6.05. The molecule has 3 rings (SSSR count). The zero-order valence-corrected chi connectivity index (χ0v) is 13.1. The van der Waals surface area contributed by atoms with E-state index in [4.69, 9.17) is 0 Å². The summed E-state index contributed by atoms with van der Waals surface area (Å²) in [7, 11) is 1.74. The van der Waals surface area contributed by atoms with Gasteiger partial charge in [-0.1, -0.05) is 48.0 Å². The fourth-order valence-corrected chi connectivity index (χ4v) is 2.65. The molecule has 0 aliphatic heterocycles. The first-order valence-electron chi connectivity index (χ1n) is 7.44. The van der Waals surface area contributed by atoms with Crippen LogP contribution in [0.15, 0.2) is 66.7 Å². The van der Waals surface area contributed by atoms with Gasteiger partial charge in [0.2, 0.25) is 11.4 Å². The fraction of sp³-hybridized carbons (Fsp3) is 0.100. The van der Waals surface area contributed by atoms with Crippen molar-refractivity contribution in [3.63, 3.8) is 0 Å². The number of carboxylic acids is 1. The highest BCUT2D eigenvalue weighted by molar-refractivity contribution is 5.85. The Morgan fingerprint density at radius 1 is 0.870 bits per heavy atom. The lowest BCUT2D eigenvalue weighted by molar-refractivity contribution is -0.665. The number of carbonyl (C=O) groups excluding carboxylic acids is 1. The number of carbonyl (C=O) groups is 1. The zero-order chi connectivity index (χ0) is 16.4. The molecule has 0 saturated heterocycles. The standard InChI is InChI=1S/C20H17NO2/c1-14-8-10-15(11-9-14)17-12-18(16-6-4-3-5-7-16)21(2)19(13-17)20(22)23/h3-13H,1-2H3. The molecule has 1 heterocycles. The van der Waals surface area contributed by atoms with Crippen molar-refractivity contribution in [2.75, 3.05) is 0 Å². The van der Waals surface area contributed by atoms with Crippen LogP contribution in [0.4, 0.5) is 0 Å². The quantitative estimate of drug-likeness (QED) is 0.698. The third kappa shape index (κ3) is 2.99. The Morgan fingerprint density at radius 2 is 1.52 bits per heavy atom. The lowest BCUT2D eigenvalue weighted by atomic mass is 10.0. The molecule has 114 valence electrons. The van der Waals surface area contributed by atoms with E-state index < -0.39 is 5.97 Å². The molecule has 0 fully saturated rings. The van der Waals surface area contributed by atoms with Crippen LogP contribution in [0.2, 0.25) is 0 Å². The molecule has 0 aliphatic rings. The van der Waals surface area contributed by atoms with Gasteiger partial charge in [-0.2, -0.15) is 4.57 Å². The highest BCUT2D eigenvalue weighted by atomic mass is 16.4. The number of nitrogens with zero attached hydrogens (tertiary/aromatic N) is 1. The third-order valence-corrected chi connectivity index (χ3v) is 3.97. The Hall–Kier alpha value is -2.94. The summed E-state index contributed by atoms with van der Waals surface area (Å²) in [4.78, 5) is 11.5. The Morgan fingerprint density at radius 3 is 2.13 bits per heavy atom. The normalized spacial score (nSPS) is 10.5. The van der Waals surface area contributed by atoms with Gasteiger partial charge in [0.15, 0.2) is 0 Å². The zero-order valence-electron chi connectivity index (χ0n) is 13.1. The third-order valence-electron chi connectivity index (χ3n) is 3.97. The van der Waals surface area contributed by atoms with E-state index in [2.05, 4.69) is 0 Å². The van der Waals surface area contributed by atoms with Gasteiger partial charge in [-0.3, -0.25) is 0 Å². The monoisotopic (exact) mass is 303 g/mol. The van der Waals surface area contributed by atoms with Crippen LogP contribution in [0.5, 0.6) is 0 Å². The first kappa shape index (κ1) is 15.0. The first-order chi connectivity index (χ1) is 11.1. The minimum absolute atomic E-state index is 0.155. The lowest BCUT2D eigenvalue weighted by Gasteiger charge is -2.10. The fourth-order valence-electron chi connectivity index (χ4n) is 2.65. The minimum atomic E-state index is -1.18. The van der Waals surface area contributed by atoms with Crippen molar-refractivity contribution in [3.8, 4) is 22.4 Å². The molecule has 3 nitrogen and oxygen atoms in total. The molecular formula is C20H17NO2. The molecule has 0 saturated carbocycles. The first-order valence-corrected chi connectivity index (χ1v) is 7.44. The van der Waals surface area contributed by atoms with E-state index in [1.807, 2.05) is 67.6 Å². The molecule has 0 N–H and O–H groups in total. The van der Waals surface area contributed by atoms with E-state index in [1.54, 1.807) is 17.7 Å². The van der Waals surface area contributed by atoms with Crippen molar-refractivity contribution in [1.82, 2.24) is 0 Å². The van der Waals surface area contributed by atoms with Crippen LogP contribution >= 0.6 is 0 Å². The number of pyridine rings is 1. The Bertz CT molecular complexity index is 853. The predicted molar refractivity (Wildman–Crippen MR) is 87.6 cm³/mol. The van der Waals surface area contributed by atoms with E-state index in [-0.39, 0.29) is 5.69 Å². The van der Waals surface area contributed by atoms with E-state index >= 15 is 0 Å². The largest absolute Gasteiger partial charge is 0.539 e.